The molecule has 2 aromatic carbocycles. The smallest absolute Gasteiger partial charge is 0.251 e. The zero-order valence-electron chi connectivity index (χ0n) is 19.2. The number of nitrogens with two attached hydrogens (primary N) is 2. The van der Waals surface area contributed by atoms with Crippen LogP contribution in [0.25, 0.3) is 22.3 Å². The second-order valence-electron chi connectivity index (χ2n) is 8.81. The Morgan fingerprint density at radius 3 is 2.42 bits per heavy atom. The maximum atomic E-state index is 12.8. The monoisotopic (exact) mass is 443 g/mol. The van der Waals surface area contributed by atoms with Crippen LogP contribution in [0, 0.1) is 6.92 Å². The Hall–Kier alpha value is -3.78. The number of nitrogen functional groups attached to an aromatic ring is 1. The first-order valence-electron chi connectivity index (χ1n) is 10.9. The quantitative estimate of drug-likeness (QED) is 0.403. The number of benzene rings is 2. The van der Waals surface area contributed by atoms with Gasteiger partial charge in [0.25, 0.3) is 5.91 Å². The molecular formula is C25H29N7O. The second kappa shape index (κ2) is 8.99. The zero-order valence-corrected chi connectivity index (χ0v) is 19.2. The average molecular weight is 444 g/mol. The van der Waals surface area contributed by atoms with E-state index in [0.717, 1.165) is 28.8 Å². The number of nitrogens with one attached hydrogen (secondary N) is 1. The van der Waals surface area contributed by atoms with Gasteiger partial charge in [-0.2, -0.15) is 5.10 Å². The Balaban J connectivity index is 1.63. The molecule has 0 saturated carbocycles. The van der Waals surface area contributed by atoms with E-state index >= 15 is 0 Å². The minimum absolute atomic E-state index is 0.147. The van der Waals surface area contributed by atoms with Gasteiger partial charge in [-0.05, 0) is 51.4 Å². The molecule has 0 radical (unpaired) electrons. The van der Waals surface area contributed by atoms with E-state index in [4.69, 9.17) is 16.6 Å². The zero-order chi connectivity index (χ0) is 23.6. The van der Waals surface area contributed by atoms with Crippen molar-refractivity contribution in [3.8, 4) is 11.3 Å². The van der Waals surface area contributed by atoms with Crippen molar-refractivity contribution in [3.63, 3.8) is 0 Å². The van der Waals surface area contributed by atoms with Crippen LogP contribution in [0.3, 0.4) is 0 Å². The normalized spacial score (nSPS) is 11.6. The van der Waals surface area contributed by atoms with E-state index in [0.29, 0.717) is 35.5 Å². The van der Waals surface area contributed by atoms with Gasteiger partial charge in [-0.1, -0.05) is 42.0 Å². The van der Waals surface area contributed by atoms with Gasteiger partial charge in [-0.25, -0.2) is 14.6 Å². The molecule has 0 unspecified atom stereocenters. The number of nitrogens with zero attached hydrogens (tertiary/aromatic N) is 4. The molecule has 2 heterocycles. The summed E-state index contributed by atoms with van der Waals surface area (Å²) in [7, 11) is 0. The summed E-state index contributed by atoms with van der Waals surface area (Å²) in [4.78, 5) is 21.4. The van der Waals surface area contributed by atoms with Gasteiger partial charge in [0.15, 0.2) is 5.65 Å². The third kappa shape index (κ3) is 4.56. The summed E-state index contributed by atoms with van der Waals surface area (Å²) in [5.41, 5.74) is 16.4. The topological polar surface area (TPSA) is 125 Å². The number of aryl methyl sites for hydroxylation is 1. The molecule has 0 bridgehead atoms. The van der Waals surface area contributed by atoms with Crippen LogP contribution >= 0.6 is 0 Å². The first-order valence-corrected chi connectivity index (χ1v) is 10.9. The Kier molecular flexibility index (Phi) is 6.11. The van der Waals surface area contributed by atoms with Crippen LogP contribution in [0.4, 0.5) is 5.82 Å². The van der Waals surface area contributed by atoms with E-state index < -0.39 is 5.54 Å². The molecule has 2 aromatic heterocycles. The summed E-state index contributed by atoms with van der Waals surface area (Å²) in [6.45, 7) is 6.97. The summed E-state index contributed by atoms with van der Waals surface area (Å²) in [6, 6.07) is 15.6. The highest BCUT2D eigenvalue weighted by Gasteiger charge is 2.28. The van der Waals surface area contributed by atoms with Gasteiger partial charge < -0.3 is 16.8 Å². The molecule has 0 saturated heterocycles. The van der Waals surface area contributed by atoms with Crippen molar-refractivity contribution in [2.75, 3.05) is 18.8 Å². The highest BCUT2D eigenvalue weighted by atomic mass is 16.1. The standard InChI is InChI=1S/C25H29N7O/c1-16-4-8-18(9-5-16)21-20-22(27)29-15-30-23(20)32(31-21)25(2,3)14-28-24(33)19-10-6-17(7-11-19)12-13-26/h4-11,15H,12-14,26H2,1-3H3,(H,28,33)(H2,27,29,30). The number of carbonyl (C=O) groups excluding carboxylic acids is 1. The van der Waals surface area contributed by atoms with E-state index in [2.05, 4.69) is 15.3 Å². The molecule has 0 spiro atoms. The van der Waals surface area contributed by atoms with Crippen LogP contribution in [0.5, 0.6) is 0 Å². The van der Waals surface area contributed by atoms with Gasteiger partial charge in [0, 0.05) is 17.7 Å². The molecule has 0 aliphatic carbocycles. The summed E-state index contributed by atoms with van der Waals surface area (Å²) >= 11 is 0. The Bertz CT molecular complexity index is 1270. The van der Waals surface area contributed by atoms with Crippen molar-refractivity contribution < 1.29 is 4.79 Å². The molecule has 0 atom stereocenters. The summed E-state index contributed by atoms with van der Waals surface area (Å²) in [6.07, 6.45) is 2.22. The van der Waals surface area contributed by atoms with E-state index in [9.17, 15) is 4.79 Å². The fourth-order valence-corrected chi connectivity index (χ4v) is 3.77. The SMILES string of the molecule is Cc1ccc(-c2nn(C(C)(C)CNC(=O)c3ccc(CCN)cc3)c3ncnc(N)c23)cc1. The van der Waals surface area contributed by atoms with Crippen molar-refractivity contribution in [3.05, 3.63) is 71.5 Å². The number of amides is 1. The van der Waals surface area contributed by atoms with Gasteiger partial charge in [0.1, 0.15) is 17.8 Å². The third-order valence-corrected chi connectivity index (χ3v) is 5.72. The molecule has 4 rings (SSSR count). The molecule has 8 heteroatoms. The first-order chi connectivity index (χ1) is 15.8. The largest absolute Gasteiger partial charge is 0.383 e. The molecule has 33 heavy (non-hydrogen) atoms. The number of hydrogen-bond donors (Lipinski definition) is 3. The van der Waals surface area contributed by atoms with Crippen molar-refractivity contribution in [1.29, 1.82) is 0 Å². The van der Waals surface area contributed by atoms with E-state index in [-0.39, 0.29) is 5.91 Å². The molecule has 0 aliphatic rings. The Morgan fingerprint density at radius 1 is 1.06 bits per heavy atom. The van der Waals surface area contributed by atoms with Crippen LogP contribution < -0.4 is 16.8 Å². The van der Waals surface area contributed by atoms with Crippen LogP contribution in [-0.4, -0.2) is 38.7 Å². The van der Waals surface area contributed by atoms with Crippen LogP contribution in [0.15, 0.2) is 54.9 Å². The molecule has 0 fully saturated rings. The minimum Gasteiger partial charge on any atom is -0.383 e. The molecule has 1 amide bonds. The highest BCUT2D eigenvalue weighted by molar-refractivity contribution is 5.98. The minimum atomic E-state index is -0.572. The van der Waals surface area contributed by atoms with Crippen molar-refractivity contribution in [2.45, 2.75) is 32.7 Å². The molecular weight excluding hydrogens is 414 g/mol. The number of fused-ring (bicyclic) bond motifs is 1. The van der Waals surface area contributed by atoms with Crippen molar-refractivity contribution in [2.24, 2.45) is 5.73 Å². The number of aromatic nitrogens is 4. The van der Waals surface area contributed by atoms with Gasteiger partial charge >= 0.3 is 0 Å². The number of hydrogen-bond acceptors (Lipinski definition) is 6. The molecule has 170 valence electrons. The lowest BCUT2D eigenvalue weighted by molar-refractivity contribution is 0.0936. The maximum Gasteiger partial charge on any atom is 0.251 e. The molecule has 0 aliphatic heterocycles. The highest BCUT2D eigenvalue weighted by Crippen LogP contribution is 2.33. The van der Waals surface area contributed by atoms with Gasteiger partial charge in [-0.3, -0.25) is 4.79 Å². The van der Waals surface area contributed by atoms with Gasteiger partial charge in [-0.15, -0.1) is 0 Å². The second-order valence-corrected chi connectivity index (χ2v) is 8.81. The van der Waals surface area contributed by atoms with Gasteiger partial charge in [0.05, 0.1) is 10.9 Å². The number of anilines is 1. The van der Waals surface area contributed by atoms with Crippen molar-refractivity contribution >= 4 is 22.8 Å². The summed E-state index contributed by atoms with van der Waals surface area (Å²) in [5, 5.41) is 8.61. The van der Waals surface area contributed by atoms with Crippen LogP contribution in [0.1, 0.15) is 35.3 Å². The van der Waals surface area contributed by atoms with Crippen molar-refractivity contribution in [1.82, 2.24) is 25.1 Å². The fraction of sp³-hybridized carbons (Fsp3) is 0.280. The van der Waals surface area contributed by atoms with Crippen LogP contribution in [0.2, 0.25) is 0 Å². The first kappa shape index (κ1) is 22.4. The lowest BCUT2D eigenvalue weighted by Crippen LogP contribution is -2.41. The summed E-state index contributed by atoms with van der Waals surface area (Å²) < 4.78 is 1.82. The Morgan fingerprint density at radius 2 is 1.76 bits per heavy atom. The molecule has 4 aromatic rings. The lowest BCUT2D eigenvalue weighted by Gasteiger charge is -2.26. The maximum absolute atomic E-state index is 12.8. The fourth-order valence-electron chi connectivity index (χ4n) is 3.77. The summed E-state index contributed by atoms with van der Waals surface area (Å²) in [5.74, 6) is 0.228. The Labute approximate surface area is 193 Å². The predicted molar refractivity (Wildman–Crippen MR) is 131 cm³/mol. The average Bonchev–Trinajstić information content (AvgIpc) is 3.21. The van der Waals surface area contributed by atoms with E-state index in [1.165, 1.54) is 6.33 Å². The lowest BCUT2D eigenvalue weighted by atomic mass is 10.0. The molecule has 5 N–H and O–H groups in total. The van der Waals surface area contributed by atoms with E-state index in [1.54, 1.807) is 0 Å². The number of rotatable bonds is 7. The van der Waals surface area contributed by atoms with Gasteiger partial charge in [0.2, 0.25) is 0 Å². The van der Waals surface area contributed by atoms with Crippen LogP contribution in [-0.2, 0) is 12.0 Å². The third-order valence-electron chi connectivity index (χ3n) is 5.72. The number of carbonyl (C=O) groups is 1. The predicted octanol–water partition coefficient (Wildman–Crippen LogP) is 3.05. The van der Waals surface area contributed by atoms with E-state index in [1.807, 2.05) is 74.0 Å². The molecule has 8 nitrogen and oxygen atoms in total.